The van der Waals surface area contributed by atoms with Gasteiger partial charge in [-0.1, -0.05) is 12.1 Å². The van der Waals surface area contributed by atoms with Crippen LogP contribution in [0.4, 0.5) is 0 Å². The number of likely N-dealkylation sites (N-methyl/N-ethyl adjacent to an activating group) is 1. The molecule has 0 radical (unpaired) electrons. The SMILES string of the molecule is COc1cccc(C(CNC(=O)C2(OC)CCNCC2)N(C)C)c1. The monoisotopic (exact) mass is 335 g/mol. The van der Waals surface area contributed by atoms with Gasteiger partial charge in [0.05, 0.1) is 13.2 Å². The van der Waals surface area contributed by atoms with Crippen molar-refractivity contribution in [3.05, 3.63) is 29.8 Å². The fourth-order valence-electron chi connectivity index (χ4n) is 3.15. The van der Waals surface area contributed by atoms with Crippen LogP contribution in [-0.2, 0) is 9.53 Å². The minimum Gasteiger partial charge on any atom is -0.497 e. The van der Waals surface area contributed by atoms with Crippen molar-refractivity contribution in [2.75, 3.05) is 47.9 Å². The van der Waals surface area contributed by atoms with Gasteiger partial charge < -0.3 is 25.0 Å². The van der Waals surface area contributed by atoms with Crippen LogP contribution in [0.2, 0.25) is 0 Å². The van der Waals surface area contributed by atoms with E-state index in [1.54, 1.807) is 14.2 Å². The Labute approximate surface area is 144 Å². The molecule has 134 valence electrons. The summed E-state index contributed by atoms with van der Waals surface area (Å²) < 4.78 is 10.9. The molecular weight excluding hydrogens is 306 g/mol. The van der Waals surface area contributed by atoms with E-state index >= 15 is 0 Å². The summed E-state index contributed by atoms with van der Waals surface area (Å²) in [4.78, 5) is 14.8. The number of rotatable bonds is 7. The summed E-state index contributed by atoms with van der Waals surface area (Å²) in [5, 5.41) is 6.36. The second kappa shape index (κ2) is 8.46. The molecule has 1 aromatic rings. The smallest absolute Gasteiger partial charge is 0.252 e. The number of hydrogen-bond donors (Lipinski definition) is 2. The van der Waals surface area contributed by atoms with Gasteiger partial charge in [0.25, 0.3) is 5.91 Å². The fraction of sp³-hybridized carbons (Fsp3) is 0.611. The second-order valence-electron chi connectivity index (χ2n) is 6.41. The third kappa shape index (κ3) is 4.26. The number of nitrogens with one attached hydrogen (secondary N) is 2. The molecule has 0 aliphatic carbocycles. The normalized spacial score (nSPS) is 18.2. The highest BCUT2D eigenvalue weighted by Crippen LogP contribution is 2.25. The predicted molar refractivity (Wildman–Crippen MR) is 94.3 cm³/mol. The van der Waals surface area contributed by atoms with Crippen molar-refractivity contribution >= 4 is 5.91 Å². The Morgan fingerprint density at radius 3 is 2.62 bits per heavy atom. The molecule has 1 unspecified atom stereocenters. The zero-order valence-corrected chi connectivity index (χ0v) is 15.1. The van der Waals surface area contributed by atoms with E-state index in [1.807, 2.05) is 32.3 Å². The highest BCUT2D eigenvalue weighted by atomic mass is 16.5. The maximum atomic E-state index is 12.7. The zero-order valence-electron chi connectivity index (χ0n) is 15.1. The first-order valence-electron chi connectivity index (χ1n) is 8.37. The summed E-state index contributed by atoms with van der Waals surface area (Å²) >= 11 is 0. The average molecular weight is 335 g/mol. The maximum absolute atomic E-state index is 12.7. The summed E-state index contributed by atoms with van der Waals surface area (Å²) in [5.74, 6) is 0.790. The Kier molecular flexibility index (Phi) is 6.60. The third-order valence-corrected chi connectivity index (χ3v) is 4.77. The summed E-state index contributed by atoms with van der Waals surface area (Å²) in [6.07, 6.45) is 1.39. The standard InChI is InChI=1S/C18H29N3O3/c1-21(2)16(14-6-5-7-15(12-14)23-3)13-20-17(22)18(24-4)8-10-19-11-9-18/h5-7,12,16,19H,8-11,13H2,1-4H3,(H,20,22). The molecule has 0 bridgehead atoms. The molecule has 2 rings (SSSR count). The lowest BCUT2D eigenvalue weighted by atomic mass is 9.91. The van der Waals surface area contributed by atoms with E-state index in [0.29, 0.717) is 19.4 Å². The Bertz CT molecular complexity index is 542. The third-order valence-electron chi connectivity index (χ3n) is 4.77. The lowest BCUT2D eigenvalue weighted by molar-refractivity contribution is -0.146. The lowest BCUT2D eigenvalue weighted by Crippen LogP contribution is -2.55. The Hall–Kier alpha value is -1.63. The molecule has 1 atom stereocenters. The van der Waals surface area contributed by atoms with Gasteiger partial charge in [-0.3, -0.25) is 4.79 Å². The second-order valence-corrected chi connectivity index (χ2v) is 6.41. The van der Waals surface area contributed by atoms with Crippen molar-refractivity contribution < 1.29 is 14.3 Å². The largest absolute Gasteiger partial charge is 0.497 e. The molecule has 6 heteroatoms. The van der Waals surface area contributed by atoms with Gasteiger partial charge in [-0.2, -0.15) is 0 Å². The number of hydrogen-bond acceptors (Lipinski definition) is 5. The van der Waals surface area contributed by atoms with E-state index in [0.717, 1.165) is 24.4 Å². The first-order valence-corrected chi connectivity index (χ1v) is 8.37. The number of benzene rings is 1. The highest BCUT2D eigenvalue weighted by Gasteiger charge is 2.39. The van der Waals surface area contributed by atoms with E-state index in [9.17, 15) is 4.79 Å². The summed E-state index contributed by atoms with van der Waals surface area (Å²) in [5.41, 5.74) is 0.396. The molecule has 1 aromatic carbocycles. The summed E-state index contributed by atoms with van der Waals surface area (Å²) in [6, 6.07) is 8.02. The van der Waals surface area contributed by atoms with Crippen molar-refractivity contribution in [3.63, 3.8) is 0 Å². The molecule has 0 aromatic heterocycles. The van der Waals surface area contributed by atoms with Crippen LogP contribution in [0, 0.1) is 0 Å². The molecule has 0 spiro atoms. The molecule has 1 fully saturated rings. The highest BCUT2D eigenvalue weighted by molar-refractivity contribution is 5.85. The number of carbonyl (C=O) groups is 1. The molecule has 1 aliphatic rings. The number of carbonyl (C=O) groups excluding carboxylic acids is 1. The quantitative estimate of drug-likeness (QED) is 0.784. The van der Waals surface area contributed by atoms with Gasteiger partial charge in [-0.15, -0.1) is 0 Å². The van der Waals surface area contributed by atoms with Gasteiger partial charge in [-0.05, 0) is 57.7 Å². The number of piperidine rings is 1. The fourth-order valence-corrected chi connectivity index (χ4v) is 3.15. The van der Waals surface area contributed by atoms with Crippen molar-refractivity contribution in [3.8, 4) is 5.75 Å². The summed E-state index contributed by atoms with van der Waals surface area (Å²) in [6.45, 7) is 2.13. The van der Waals surface area contributed by atoms with Crippen molar-refractivity contribution in [2.45, 2.75) is 24.5 Å². The van der Waals surface area contributed by atoms with Gasteiger partial charge >= 0.3 is 0 Å². The van der Waals surface area contributed by atoms with Crippen LogP contribution < -0.4 is 15.4 Å². The molecule has 1 amide bonds. The zero-order chi connectivity index (χ0) is 17.6. The van der Waals surface area contributed by atoms with Crippen LogP contribution in [0.15, 0.2) is 24.3 Å². The van der Waals surface area contributed by atoms with Gasteiger partial charge in [0, 0.05) is 13.7 Å². The molecule has 24 heavy (non-hydrogen) atoms. The molecular formula is C18H29N3O3. The van der Waals surface area contributed by atoms with Crippen LogP contribution in [0.3, 0.4) is 0 Å². The van der Waals surface area contributed by atoms with Gasteiger partial charge in [-0.25, -0.2) is 0 Å². The van der Waals surface area contributed by atoms with Crippen LogP contribution in [0.25, 0.3) is 0 Å². The van der Waals surface area contributed by atoms with E-state index in [-0.39, 0.29) is 11.9 Å². The predicted octanol–water partition coefficient (Wildman–Crippen LogP) is 1.18. The number of ether oxygens (including phenoxy) is 2. The van der Waals surface area contributed by atoms with Crippen LogP contribution in [-0.4, -0.2) is 64.4 Å². The first kappa shape index (κ1) is 18.7. The minimum absolute atomic E-state index is 0.0266. The molecule has 2 N–H and O–H groups in total. The van der Waals surface area contributed by atoms with Crippen molar-refractivity contribution in [1.29, 1.82) is 0 Å². The molecule has 1 heterocycles. The maximum Gasteiger partial charge on any atom is 0.252 e. The molecule has 1 aliphatic heterocycles. The van der Waals surface area contributed by atoms with E-state index in [2.05, 4.69) is 21.6 Å². The number of amides is 1. The molecule has 6 nitrogen and oxygen atoms in total. The Balaban J connectivity index is 2.06. The summed E-state index contributed by atoms with van der Waals surface area (Å²) in [7, 11) is 7.29. The Morgan fingerprint density at radius 1 is 1.33 bits per heavy atom. The average Bonchev–Trinajstić information content (AvgIpc) is 2.62. The molecule has 1 saturated heterocycles. The number of nitrogens with zero attached hydrogens (tertiary/aromatic N) is 1. The van der Waals surface area contributed by atoms with Gasteiger partial charge in [0.15, 0.2) is 0 Å². The first-order chi connectivity index (χ1) is 11.5. The van der Waals surface area contributed by atoms with Crippen LogP contribution >= 0.6 is 0 Å². The van der Waals surface area contributed by atoms with Gasteiger partial charge in [0.2, 0.25) is 0 Å². The Morgan fingerprint density at radius 2 is 2.04 bits per heavy atom. The van der Waals surface area contributed by atoms with Crippen molar-refractivity contribution in [1.82, 2.24) is 15.5 Å². The van der Waals surface area contributed by atoms with Crippen molar-refractivity contribution in [2.24, 2.45) is 0 Å². The van der Waals surface area contributed by atoms with E-state index < -0.39 is 5.60 Å². The molecule has 0 saturated carbocycles. The van der Waals surface area contributed by atoms with Crippen LogP contribution in [0.1, 0.15) is 24.4 Å². The van der Waals surface area contributed by atoms with E-state index in [1.165, 1.54) is 0 Å². The minimum atomic E-state index is -0.712. The number of methoxy groups -OCH3 is 2. The van der Waals surface area contributed by atoms with Gasteiger partial charge in [0.1, 0.15) is 11.4 Å². The lowest BCUT2D eigenvalue weighted by Gasteiger charge is -2.35. The topological polar surface area (TPSA) is 62.8 Å². The van der Waals surface area contributed by atoms with Crippen LogP contribution in [0.5, 0.6) is 5.75 Å². The van der Waals surface area contributed by atoms with E-state index in [4.69, 9.17) is 9.47 Å².